The van der Waals surface area contributed by atoms with Crippen molar-refractivity contribution >= 4 is 29.9 Å². The van der Waals surface area contributed by atoms with E-state index < -0.39 is 0 Å². The van der Waals surface area contributed by atoms with Crippen LogP contribution in [0.5, 0.6) is 0 Å². The van der Waals surface area contributed by atoms with E-state index in [0.29, 0.717) is 6.54 Å². The molecule has 0 aliphatic carbocycles. The number of nitrogens with zero attached hydrogens (tertiary/aromatic N) is 5. The number of hydrogen-bond acceptors (Lipinski definition) is 3. The van der Waals surface area contributed by atoms with Gasteiger partial charge in [0.15, 0.2) is 5.96 Å². The van der Waals surface area contributed by atoms with Crippen molar-refractivity contribution in [1.82, 2.24) is 30.0 Å². The number of aromatic nitrogens is 4. The van der Waals surface area contributed by atoms with Gasteiger partial charge in [-0.15, -0.1) is 24.0 Å². The van der Waals surface area contributed by atoms with Crippen molar-refractivity contribution in [2.75, 3.05) is 20.1 Å². The zero-order chi connectivity index (χ0) is 19.8. The molecule has 0 atom stereocenters. The summed E-state index contributed by atoms with van der Waals surface area (Å²) in [7, 11) is 3.98. The van der Waals surface area contributed by atoms with Crippen molar-refractivity contribution in [2.24, 2.45) is 12.0 Å². The average Bonchev–Trinajstić information content (AvgIpc) is 3.34. The van der Waals surface area contributed by atoms with Crippen LogP contribution in [0.3, 0.4) is 0 Å². The van der Waals surface area contributed by atoms with Gasteiger partial charge in [-0.2, -0.15) is 5.10 Å². The molecule has 8 heteroatoms. The normalized spacial score (nSPS) is 11.2. The standard InChI is InChI=1S/C21H29N7.HI/c1-4-22-21(23-12-8-9-17-13-25-28(3)15-17)27(2)16-20-24-14-19(26-20)18-10-6-5-7-11-18;/h5-7,10-11,13-15H,4,8-9,12,16H2,1-3H3,(H,22,23)(H,24,26);1H. The van der Waals surface area contributed by atoms with E-state index in [2.05, 4.69) is 50.5 Å². The minimum absolute atomic E-state index is 0. The van der Waals surface area contributed by atoms with Gasteiger partial charge in [-0.3, -0.25) is 9.67 Å². The van der Waals surface area contributed by atoms with Crippen molar-refractivity contribution < 1.29 is 0 Å². The van der Waals surface area contributed by atoms with Crippen molar-refractivity contribution in [3.8, 4) is 11.3 Å². The molecule has 0 saturated carbocycles. The lowest BCUT2D eigenvalue weighted by molar-refractivity contribution is 0.464. The summed E-state index contributed by atoms with van der Waals surface area (Å²) in [6, 6.07) is 10.2. The molecule has 156 valence electrons. The van der Waals surface area contributed by atoms with Crippen LogP contribution in [0.15, 0.2) is 53.9 Å². The van der Waals surface area contributed by atoms with Crippen LogP contribution < -0.4 is 5.32 Å². The Balaban J connectivity index is 0.00000300. The molecule has 3 rings (SSSR count). The molecular weight excluding hydrogens is 477 g/mol. The molecule has 0 unspecified atom stereocenters. The van der Waals surface area contributed by atoms with Crippen LogP contribution in [0.2, 0.25) is 0 Å². The second kappa shape index (κ2) is 11.6. The maximum atomic E-state index is 4.76. The molecule has 29 heavy (non-hydrogen) atoms. The third kappa shape index (κ3) is 6.88. The largest absolute Gasteiger partial charge is 0.357 e. The van der Waals surface area contributed by atoms with Gasteiger partial charge in [0.25, 0.3) is 0 Å². The minimum Gasteiger partial charge on any atom is -0.357 e. The van der Waals surface area contributed by atoms with Crippen molar-refractivity contribution in [2.45, 2.75) is 26.3 Å². The fraction of sp³-hybridized carbons (Fsp3) is 0.381. The molecule has 1 aromatic carbocycles. The Bertz CT molecular complexity index is 885. The van der Waals surface area contributed by atoms with E-state index >= 15 is 0 Å². The third-order valence-electron chi connectivity index (χ3n) is 4.44. The van der Waals surface area contributed by atoms with Crippen LogP contribution in [-0.2, 0) is 20.0 Å². The molecule has 3 aromatic rings. The average molecular weight is 507 g/mol. The molecule has 0 aliphatic rings. The van der Waals surface area contributed by atoms with Gasteiger partial charge in [0.05, 0.1) is 24.6 Å². The van der Waals surface area contributed by atoms with Gasteiger partial charge in [-0.05, 0) is 30.9 Å². The van der Waals surface area contributed by atoms with Crippen LogP contribution in [0, 0.1) is 0 Å². The summed E-state index contributed by atoms with van der Waals surface area (Å²) >= 11 is 0. The lowest BCUT2D eigenvalue weighted by Crippen LogP contribution is -2.38. The number of nitrogens with one attached hydrogen (secondary N) is 2. The fourth-order valence-electron chi connectivity index (χ4n) is 3.05. The predicted molar refractivity (Wildman–Crippen MR) is 128 cm³/mol. The Hall–Kier alpha value is -2.36. The van der Waals surface area contributed by atoms with Gasteiger partial charge in [0.1, 0.15) is 5.82 Å². The Morgan fingerprint density at radius 1 is 1.24 bits per heavy atom. The molecule has 0 radical (unpaired) electrons. The molecule has 7 nitrogen and oxygen atoms in total. The third-order valence-corrected chi connectivity index (χ3v) is 4.44. The first-order valence-corrected chi connectivity index (χ1v) is 9.72. The minimum atomic E-state index is 0. The topological polar surface area (TPSA) is 74.1 Å². The van der Waals surface area contributed by atoms with Crippen molar-refractivity contribution in [1.29, 1.82) is 0 Å². The molecule has 0 saturated heterocycles. The van der Waals surface area contributed by atoms with Crippen molar-refractivity contribution in [3.63, 3.8) is 0 Å². The Labute approximate surface area is 189 Å². The van der Waals surface area contributed by atoms with E-state index in [1.54, 1.807) is 0 Å². The highest BCUT2D eigenvalue weighted by atomic mass is 127. The fourth-order valence-corrected chi connectivity index (χ4v) is 3.05. The van der Waals surface area contributed by atoms with E-state index in [1.807, 2.05) is 49.4 Å². The highest BCUT2D eigenvalue weighted by Crippen LogP contribution is 2.16. The van der Waals surface area contributed by atoms with Crippen LogP contribution in [0.4, 0.5) is 0 Å². The SMILES string of the molecule is CCNC(=NCCCc1cnn(C)c1)N(C)Cc1ncc(-c2ccccc2)[nH]1.I. The monoisotopic (exact) mass is 507 g/mol. The smallest absolute Gasteiger partial charge is 0.194 e. The van der Waals surface area contributed by atoms with Gasteiger partial charge >= 0.3 is 0 Å². The molecule has 0 fully saturated rings. The Kier molecular flexibility index (Phi) is 9.17. The van der Waals surface area contributed by atoms with Crippen LogP contribution >= 0.6 is 24.0 Å². The number of guanidine groups is 1. The Morgan fingerprint density at radius 2 is 2.03 bits per heavy atom. The maximum absolute atomic E-state index is 4.76. The van der Waals surface area contributed by atoms with E-state index in [9.17, 15) is 0 Å². The molecule has 2 heterocycles. The van der Waals surface area contributed by atoms with Crippen molar-refractivity contribution in [3.05, 3.63) is 60.3 Å². The zero-order valence-corrected chi connectivity index (χ0v) is 19.6. The first-order valence-electron chi connectivity index (χ1n) is 9.72. The van der Waals surface area contributed by atoms with Gasteiger partial charge in [0, 0.05) is 33.4 Å². The maximum Gasteiger partial charge on any atom is 0.194 e. The summed E-state index contributed by atoms with van der Waals surface area (Å²) in [5.41, 5.74) is 3.42. The van der Waals surface area contributed by atoms with E-state index in [-0.39, 0.29) is 24.0 Å². The van der Waals surface area contributed by atoms with E-state index in [1.165, 1.54) is 5.56 Å². The van der Waals surface area contributed by atoms with E-state index in [4.69, 9.17) is 4.99 Å². The number of aliphatic imine (C=N–C) groups is 1. The molecule has 0 bridgehead atoms. The highest BCUT2D eigenvalue weighted by molar-refractivity contribution is 14.0. The molecule has 2 N–H and O–H groups in total. The molecule has 0 spiro atoms. The first-order chi connectivity index (χ1) is 13.7. The van der Waals surface area contributed by atoms with Gasteiger partial charge in [-0.25, -0.2) is 4.98 Å². The van der Waals surface area contributed by atoms with Crippen LogP contribution in [-0.4, -0.2) is 50.7 Å². The lowest BCUT2D eigenvalue weighted by atomic mass is 10.2. The summed E-state index contributed by atoms with van der Waals surface area (Å²) in [6.07, 6.45) is 7.84. The summed E-state index contributed by atoms with van der Waals surface area (Å²) in [5, 5.41) is 7.57. The van der Waals surface area contributed by atoms with E-state index in [0.717, 1.165) is 49.0 Å². The summed E-state index contributed by atoms with van der Waals surface area (Å²) in [5.74, 6) is 1.81. The highest BCUT2D eigenvalue weighted by Gasteiger charge is 2.10. The summed E-state index contributed by atoms with van der Waals surface area (Å²) < 4.78 is 1.84. The van der Waals surface area contributed by atoms with Crippen LogP contribution in [0.1, 0.15) is 24.7 Å². The number of hydrogen-bond donors (Lipinski definition) is 2. The van der Waals surface area contributed by atoms with Gasteiger partial charge in [0.2, 0.25) is 0 Å². The number of H-pyrrole nitrogens is 1. The number of rotatable bonds is 8. The van der Waals surface area contributed by atoms with Crippen LogP contribution in [0.25, 0.3) is 11.3 Å². The molecule has 0 aliphatic heterocycles. The summed E-state index contributed by atoms with van der Waals surface area (Å²) in [4.78, 5) is 14.8. The van der Waals surface area contributed by atoms with Gasteiger partial charge < -0.3 is 15.2 Å². The number of aryl methyl sites for hydroxylation is 2. The number of benzene rings is 1. The van der Waals surface area contributed by atoms with Gasteiger partial charge in [-0.1, -0.05) is 30.3 Å². The first kappa shape index (κ1) is 22.9. The molecule has 0 amide bonds. The quantitative estimate of drug-likeness (QED) is 0.212. The zero-order valence-electron chi connectivity index (χ0n) is 17.3. The second-order valence-corrected chi connectivity index (χ2v) is 6.83. The number of aromatic amines is 1. The lowest BCUT2D eigenvalue weighted by Gasteiger charge is -2.21. The number of halogens is 1. The molecule has 2 aromatic heterocycles. The Morgan fingerprint density at radius 3 is 2.72 bits per heavy atom. The summed E-state index contributed by atoms with van der Waals surface area (Å²) in [6.45, 7) is 4.36. The second-order valence-electron chi connectivity index (χ2n) is 6.83. The predicted octanol–water partition coefficient (Wildman–Crippen LogP) is 3.46. The molecular formula is C21H30IN7. The number of imidazole rings is 1.